The Morgan fingerprint density at radius 1 is 0.667 bits per heavy atom. The van der Waals surface area contributed by atoms with Crippen LogP contribution in [0.1, 0.15) is 57.5 Å². The molecule has 0 saturated carbocycles. The number of carbonyl (C=O) groups excluding carboxylic acids is 2. The van der Waals surface area contributed by atoms with E-state index in [0.29, 0.717) is 49.7 Å². The number of fused-ring (bicyclic) bond motifs is 2. The minimum Gasteiger partial charge on any atom is -0.507 e. The fraction of sp³-hybridized carbons (Fsp3) is 0.429. The molecule has 94 valence electrons. The third kappa shape index (κ3) is 1.38. The summed E-state index contributed by atoms with van der Waals surface area (Å²) in [6.07, 6.45) is 3.19. The van der Waals surface area contributed by atoms with Crippen molar-refractivity contribution in [2.75, 3.05) is 0 Å². The minimum absolute atomic E-state index is 0.0736. The molecule has 0 unspecified atom stereocenters. The highest BCUT2D eigenvalue weighted by molar-refractivity contribution is 6.08. The van der Waals surface area contributed by atoms with Crippen molar-refractivity contribution in [2.45, 2.75) is 38.5 Å². The molecule has 18 heavy (non-hydrogen) atoms. The smallest absolute Gasteiger partial charge is 0.167 e. The van der Waals surface area contributed by atoms with Gasteiger partial charge in [-0.25, -0.2) is 0 Å². The predicted molar refractivity (Wildman–Crippen MR) is 64.3 cm³/mol. The highest BCUT2D eigenvalue weighted by Crippen LogP contribution is 2.43. The molecular weight excluding hydrogens is 232 g/mol. The molecular formula is C14H14O4. The largest absolute Gasteiger partial charge is 0.507 e. The van der Waals surface area contributed by atoms with Crippen molar-refractivity contribution >= 4 is 11.6 Å². The molecule has 0 atom stereocenters. The van der Waals surface area contributed by atoms with Crippen LogP contribution in [0.25, 0.3) is 0 Å². The number of hydrogen-bond acceptors (Lipinski definition) is 4. The summed E-state index contributed by atoms with van der Waals surface area (Å²) in [5.74, 6) is -0.416. The molecule has 1 aromatic rings. The summed E-state index contributed by atoms with van der Waals surface area (Å²) in [7, 11) is 0. The lowest BCUT2D eigenvalue weighted by molar-refractivity contribution is 0.0950. The molecule has 1 aromatic carbocycles. The summed E-state index contributed by atoms with van der Waals surface area (Å²) in [6.45, 7) is 0. The first-order valence-corrected chi connectivity index (χ1v) is 6.27. The van der Waals surface area contributed by atoms with Crippen LogP contribution < -0.4 is 0 Å². The van der Waals surface area contributed by atoms with Gasteiger partial charge in [0.1, 0.15) is 11.5 Å². The van der Waals surface area contributed by atoms with Gasteiger partial charge in [-0.3, -0.25) is 9.59 Å². The van der Waals surface area contributed by atoms with Gasteiger partial charge in [-0.2, -0.15) is 0 Å². The van der Waals surface area contributed by atoms with E-state index in [1.807, 2.05) is 0 Å². The minimum atomic E-state index is -0.134. The maximum atomic E-state index is 11.9. The van der Waals surface area contributed by atoms with Gasteiger partial charge in [-0.05, 0) is 25.7 Å². The molecule has 0 radical (unpaired) electrons. The fourth-order valence-corrected chi connectivity index (χ4v) is 3.01. The van der Waals surface area contributed by atoms with Crippen LogP contribution in [-0.4, -0.2) is 21.8 Å². The summed E-state index contributed by atoms with van der Waals surface area (Å²) < 4.78 is 0. The number of hydrogen-bond donors (Lipinski definition) is 2. The molecule has 0 saturated heterocycles. The first-order chi connectivity index (χ1) is 8.61. The van der Waals surface area contributed by atoms with E-state index >= 15 is 0 Å². The number of ketones is 2. The highest BCUT2D eigenvalue weighted by atomic mass is 16.3. The second-order valence-electron chi connectivity index (χ2n) is 4.96. The molecule has 0 spiro atoms. The molecule has 4 heteroatoms. The van der Waals surface area contributed by atoms with Crippen molar-refractivity contribution < 1.29 is 19.8 Å². The number of rotatable bonds is 0. The molecule has 0 heterocycles. The van der Waals surface area contributed by atoms with Gasteiger partial charge >= 0.3 is 0 Å². The van der Waals surface area contributed by atoms with Gasteiger partial charge in [0.2, 0.25) is 0 Å². The monoisotopic (exact) mass is 246 g/mol. The molecule has 0 amide bonds. The first-order valence-electron chi connectivity index (χ1n) is 6.27. The highest BCUT2D eigenvalue weighted by Gasteiger charge is 2.33. The van der Waals surface area contributed by atoms with Crippen molar-refractivity contribution in [3.63, 3.8) is 0 Å². The van der Waals surface area contributed by atoms with Crippen molar-refractivity contribution in [1.29, 1.82) is 0 Å². The number of carbonyl (C=O) groups is 2. The summed E-state index contributed by atoms with van der Waals surface area (Å²) in [5, 5.41) is 20.4. The Bertz CT molecular complexity index is 520. The normalized spacial score (nSPS) is 18.4. The average Bonchev–Trinajstić information content (AvgIpc) is 2.35. The lowest BCUT2D eigenvalue weighted by Crippen LogP contribution is -2.18. The molecule has 4 nitrogen and oxygen atoms in total. The van der Waals surface area contributed by atoms with Gasteiger partial charge in [0.15, 0.2) is 11.6 Å². The second kappa shape index (κ2) is 3.83. The van der Waals surface area contributed by atoms with Gasteiger partial charge in [-0.1, -0.05) is 0 Å². The molecule has 2 aliphatic carbocycles. The van der Waals surface area contributed by atoms with Crippen LogP contribution in [0.2, 0.25) is 0 Å². The summed E-state index contributed by atoms with van der Waals surface area (Å²) >= 11 is 0. The van der Waals surface area contributed by atoms with E-state index in [0.717, 1.165) is 0 Å². The van der Waals surface area contributed by atoms with Crippen LogP contribution in [0.5, 0.6) is 11.5 Å². The Morgan fingerprint density at radius 2 is 1.06 bits per heavy atom. The van der Waals surface area contributed by atoms with E-state index in [1.54, 1.807) is 0 Å². The zero-order chi connectivity index (χ0) is 12.9. The van der Waals surface area contributed by atoms with Gasteiger partial charge < -0.3 is 10.2 Å². The van der Waals surface area contributed by atoms with E-state index in [2.05, 4.69) is 0 Å². The second-order valence-corrected chi connectivity index (χ2v) is 4.96. The topological polar surface area (TPSA) is 74.6 Å². The van der Waals surface area contributed by atoms with Crippen LogP contribution >= 0.6 is 0 Å². The lowest BCUT2D eigenvalue weighted by atomic mass is 9.80. The molecule has 2 aliphatic rings. The van der Waals surface area contributed by atoms with Crippen LogP contribution in [0.3, 0.4) is 0 Å². The zero-order valence-corrected chi connectivity index (χ0v) is 9.95. The first kappa shape index (κ1) is 11.3. The van der Waals surface area contributed by atoms with Crippen molar-refractivity contribution in [1.82, 2.24) is 0 Å². The molecule has 0 aromatic heterocycles. The zero-order valence-electron chi connectivity index (χ0n) is 9.95. The Kier molecular flexibility index (Phi) is 2.40. The Morgan fingerprint density at radius 3 is 1.44 bits per heavy atom. The number of phenolic OH excluding ortho intramolecular Hbond substituents is 2. The Balaban J connectivity index is 2.35. The van der Waals surface area contributed by atoms with Gasteiger partial charge in [0.05, 0.1) is 11.1 Å². The third-order valence-corrected chi connectivity index (χ3v) is 3.87. The van der Waals surface area contributed by atoms with Crippen molar-refractivity contribution in [3.05, 3.63) is 22.3 Å². The lowest BCUT2D eigenvalue weighted by Gasteiger charge is -2.24. The summed E-state index contributed by atoms with van der Waals surface area (Å²) in [6, 6.07) is 0. The predicted octanol–water partition coefficient (Wildman–Crippen LogP) is 2.14. The van der Waals surface area contributed by atoms with Crippen molar-refractivity contribution in [3.8, 4) is 11.5 Å². The van der Waals surface area contributed by atoms with Crippen LogP contribution in [0, 0.1) is 0 Å². The number of Topliss-reactive ketones (excluding diaryl/α,β-unsaturated/α-hetero) is 2. The van der Waals surface area contributed by atoms with Crippen LogP contribution in [-0.2, 0) is 12.8 Å². The van der Waals surface area contributed by atoms with E-state index in [4.69, 9.17) is 0 Å². The molecule has 0 fully saturated rings. The van der Waals surface area contributed by atoms with E-state index < -0.39 is 0 Å². The van der Waals surface area contributed by atoms with Crippen molar-refractivity contribution in [2.24, 2.45) is 0 Å². The summed E-state index contributed by atoms with van der Waals surface area (Å²) in [4.78, 5) is 23.7. The molecule has 0 aliphatic heterocycles. The quantitative estimate of drug-likeness (QED) is 0.688. The van der Waals surface area contributed by atoms with E-state index in [9.17, 15) is 19.8 Å². The maximum Gasteiger partial charge on any atom is 0.167 e. The Labute approximate surface area is 104 Å². The standard InChI is InChI=1S/C14H14O4/c15-9-5-1-3-7-11(9)14(18)8-4-2-6-10(16)12(8)13(7)17/h17-18H,1-6H2. The van der Waals surface area contributed by atoms with Crippen LogP contribution in [0.15, 0.2) is 0 Å². The van der Waals surface area contributed by atoms with Crippen LogP contribution in [0.4, 0.5) is 0 Å². The van der Waals surface area contributed by atoms with Gasteiger partial charge in [-0.15, -0.1) is 0 Å². The van der Waals surface area contributed by atoms with E-state index in [-0.39, 0.29) is 34.2 Å². The SMILES string of the molecule is O=C1CCCc2c(O)c3c(c(O)c21)CCCC3=O. The summed E-state index contributed by atoms with van der Waals surface area (Å²) in [5.41, 5.74) is 1.40. The molecule has 3 rings (SSSR count). The fourth-order valence-electron chi connectivity index (χ4n) is 3.01. The van der Waals surface area contributed by atoms with Gasteiger partial charge in [0, 0.05) is 24.0 Å². The third-order valence-electron chi connectivity index (χ3n) is 3.87. The molecule has 0 bridgehead atoms. The number of aromatic hydroxyl groups is 2. The maximum absolute atomic E-state index is 11.9. The average molecular weight is 246 g/mol. The van der Waals surface area contributed by atoms with Gasteiger partial charge in [0.25, 0.3) is 0 Å². The Hall–Kier alpha value is -1.84. The van der Waals surface area contributed by atoms with E-state index in [1.165, 1.54) is 0 Å². The number of benzene rings is 1. The molecule has 2 N–H and O–H groups in total. The number of phenols is 2.